The summed E-state index contributed by atoms with van der Waals surface area (Å²) in [7, 11) is 1.60. The molecule has 1 unspecified atom stereocenters. The predicted octanol–water partition coefficient (Wildman–Crippen LogP) is 5.74. The number of aryl methyl sites for hydroxylation is 1. The van der Waals surface area contributed by atoms with Crippen molar-refractivity contribution in [2.24, 2.45) is 0 Å². The van der Waals surface area contributed by atoms with Crippen LogP contribution in [0.1, 0.15) is 52.9 Å². The van der Waals surface area contributed by atoms with Crippen LogP contribution < -0.4 is 10.2 Å². The Bertz CT molecular complexity index is 1380. The Morgan fingerprint density at radius 2 is 1.97 bits per heavy atom. The lowest BCUT2D eigenvalue weighted by atomic mass is 9.87. The molecule has 1 aromatic carbocycles. The van der Waals surface area contributed by atoms with E-state index in [1.165, 1.54) is 0 Å². The number of pyridine rings is 2. The number of hydrogen-bond acceptors (Lipinski definition) is 5. The Morgan fingerprint density at radius 1 is 1.21 bits per heavy atom. The summed E-state index contributed by atoms with van der Waals surface area (Å²) in [5.74, 6) is -2.25. The van der Waals surface area contributed by atoms with Crippen molar-refractivity contribution in [3.8, 4) is 11.1 Å². The van der Waals surface area contributed by atoms with Gasteiger partial charge in [0.05, 0.1) is 5.56 Å². The summed E-state index contributed by atoms with van der Waals surface area (Å²) in [5, 5.41) is 2.47. The molecular weight excluding hydrogens is 504 g/mol. The van der Waals surface area contributed by atoms with E-state index in [0.29, 0.717) is 31.8 Å². The van der Waals surface area contributed by atoms with Crippen molar-refractivity contribution < 1.29 is 31.9 Å². The fourth-order valence-electron chi connectivity index (χ4n) is 4.57. The van der Waals surface area contributed by atoms with Gasteiger partial charge in [-0.3, -0.25) is 14.5 Å². The fraction of sp³-hybridized carbons (Fsp3) is 0.333. The molecule has 0 saturated heterocycles. The zero-order chi connectivity index (χ0) is 27.6. The van der Waals surface area contributed by atoms with Crippen LogP contribution in [-0.2, 0) is 15.7 Å². The van der Waals surface area contributed by atoms with Crippen molar-refractivity contribution in [2.75, 3.05) is 30.5 Å². The Hall–Kier alpha value is -3.86. The first kappa shape index (κ1) is 27.2. The highest BCUT2D eigenvalue weighted by atomic mass is 19.4. The Labute approximate surface area is 216 Å². The summed E-state index contributed by atoms with van der Waals surface area (Å²) in [6.45, 7) is 4.71. The van der Waals surface area contributed by atoms with E-state index >= 15 is 0 Å². The SMILES string of the molecule is CCN1C(=O)CC(CCOC)c2cc(-c3cc(NC(=O)c4ccnc(C(F)(F)F)c4F)ccc3C)cnc21. The third-order valence-electron chi connectivity index (χ3n) is 6.51. The van der Waals surface area contributed by atoms with Gasteiger partial charge in [-0.25, -0.2) is 14.4 Å². The lowest BCUT2D eigenvalue weighted by Gasteiger charge is -2.32. The summed E-state index contributed by atoms with van der Waals surface area (Å²) < 4.78 is 58.7. The quantitative estimate of drug-likeness (QED) is 0.394. The van der Waals surface area contributed by atoms with Crippen LogP contribution in [0.3, 0.4) is 0 Å². The summed E-state index contributed by atoms with van der Waals surface area (Å²) in [6, 6.07) is 7.81. The van der Waals surface area contributed by atoms with E-state index in [1.807, 2.05) is 19.9 Å². The predicted molar refractivity (Wildman–Crippen MR) is 133 cm³/mol. The first-order chi connectivity index (χ1) is 18.0. The number of ether oxygens (including phenoxy) is 1. The molecule has 3 heterocycles. The van der Waals surface area contributed by atoms with Gasteiger partial charge in [-0.05, 0) is 67.1 Å². The van der Waals surface area contributed by atoms with Crippen molar-refractivity contribution in [1.82, 2.24) is 9.97 Å². The van der Waals surface area contributed by atoms with Gasteiger partial charge in [0, 0.05) is 50.3 Å². The van der Waals surface area contributed by atoms with Gasteiger partial charge in [-0.2, -0.15) is 13.2 Å². The fourth-order valence-corrected chi connectivity index (χ4v) is 4.57. The molecule has 2 aromatic heterocycles. The minimum absolute atomic E-state index is 0.000678. The molecule has 7 nitrogen and oxygen atoms in total. The second-order valence-electron chi connectivity index (χ2n) is 8.96. The highest BCUT2D eigenvalue weighted by molar-refractivity contribution is 6.05. The average Bonchev–Trinajstić information content (AvgIpc) is 2.87. The molecule has 0 radical (unpaired) electrons. The van der Waals surface area contributed by atoms with Crippen LogP contribution in [-0.4, -0.2) is 42.0 Å². The summed E-state index contributed by atoms with van der Waals surface area (Å²) in [5.41, 5.74) is 0.960. The normalized spacial score (nSPS) is 15.4. The van der Waals surface area contributed by atoms with Crippen LogP contribution in [0.25, 0.3) is 11.1 Å². The number of nitrogens with zero attached hydrogens (tertiary/aromatic N) is 3. The van der Waals surface area contributed by atoms with Crippen LogP contribution in [0, 0.1) is 12.7 Å². The molecule has 0 aliphatic carbocycles. The number of carbonyl (C=O) groups excluding carboxylic acids is 2. The molecule has 1 N–H and O–H groups in total. The van der Waals surface area contributed by atoms with Gasteiger partial charge in [0.2, 0.25) is 5.91 Å². The summed E-state index contributed by atoms with van der Waals surface area (Å²) in [4.78, 5) is 34.6. The highest BCUT2D eigenvalue weighted by Crippen LogP contribution is 2.39. The molecule has 11 heteroatoms. The first-order valence-electron chi connectivity index (χ1n) is 12.0. The number of fused-ring (bicyclic) bond motifs is 1. The number of alkyl halides is 3. The number of benzene rings is 1. The molecule has 4 rings (SSSR count). The Kier molecular flexibility index (Phi) is 7.77. The number of halogens is 4. The van der Waals surface area contributed by atoms with Crippen molar-refractivity contribution in [3.63, 3.8) is 0 Å². The number of methoxy groups -OCH3 is 1. The van der Waals surface area contributed by atoms with Crippen LogP contribution in [0.15, 0.2) is 42.7 Å². The van der Waals surface area contributed by atoms with E-state index < -0.39 is 29.2 Å². The molecular formula is C27H26F4N4O3. The third kappa shape index (κ3) is 5.38. The number of nitrogens with one attached hydrogen (secondary N) is 1. The molecule has 0 spiro atoms. The first-order valence-corrected chi connectivity index (χ1v) is 12.0. The largest absolute Gasteiger partial charge is 0.436 e. The maximum Gasteiger partial charge on any atom is 0.436 e. The van der Waals surface area contributed by atoms with Gasteiger partial charge < -0.3 is 10.1 Å². The van der Waals surface area contributed by atoms with E-state index in [4.69, 9.17) is 4.74 Å². The molecule has 0 saturated carbocycles. The minimum atomic E-state index is -5.03. The number of rotatable bonds is 7. The van der Waals surface area contributed by atoms with Crippen molar-refractivity contribution in [2.45, 2.75) is 38.8 Å². The monoisotopic (exact) mass is 530 g/mol. The zero-order valence-electron chi connectivity index (χ0n) is 21.0. The van der Waals surface area contributed by atoms with Gasteiger partial charge in [0.25, 0.3) is 5.91 Å². The van der Waals surface area contributed by atoms with Gasteiger partial charge >= 0.3 is 6.18 Å². The minimum Gasteiger partial charge on any atom is -0.385 e. The third-order valence-corrected chi connectivity index (χ3v) is 6.51. The number of carbonyl (C=O) groups is 2. The van der Waals surface area contributed by atoms with E-state index in [0.717, 1.165) is 34.5 Å². The number of amides is 2. The van der Waals surface area contributed by atoms with E-state index in [9.17, 15) is 27.2 Å². The van der Waals surface area contributed by atoms with E-state index in [1.54, 1.807) is 36.4 Å². The van der Waals surface area contributed by atoms with Crippen molar-refractivity contribution >= 4 is 23.3 Å². The van der Waals surface area contributed by atoms with E-state index in [-0.39, 0.29) is 17.5 Å². The van der Waals surface area contributed by atoms with Gasteiger partial charge in [0.15, 0.2) is 11.5 Å². The van der Waals surface area contributed by atoms with Crippen molar-refractivity contribution in [1.29, 1.82) is 0 Å². The zero-order valence-corrected chi connectivity index (χ0v) is 21.0. The maximum absolute atomic E-state index is 14.4. The molecule has 1 atom stereocenters. The van der Waals surface area contributed by atoms with Crippen LogP contribution in [0.2, 0.25) is 0 Å². The number of aromatic nitrogens is 2. The molecule has 2 amide bonds. The van der Waals surface area contributed by atoms with E-state index in [2.05, 4.69) is 15.3 Å². The highest BCUT2D eigenvalue weighted by Gasteiger charge is 2.38. The maximum atomic E-state index is 14.4. The number of hydrogen-bond donors (Lipinski definition) is 1. The van der Waals surface area contributed by atoms with Gasteiger partial charge in [-0.15, -0.1) is 0 Å². The molecule has 1 aliphatic rings. The Morgan fingerprint density at radius 3 is 2.66 bits per heavy atom. The summed E-state index contributed by atoms with van der Waals surface area (Å²) >= 11 is 0. The lowest BCUT2D eigenvalue weighted by Crippen LogP contribution is -2.37. The van der Waals surface area contributed by atoms with Crippen LogP contribution >= 0.6 is 0 Å². The topological polar surface area (TPSA) is 84.4 Å². The van der Waals surface area contributed by atoms with Crippen LogP contribution in [0.5, 0.6) is 0 Å². The second-order valence-corrected chi connectivity index (χ2v) is 8.96. The van der Waals surface area contributed by atoms with Gasteiger partial charge in [0.1, 0.15) is 5.82 Å². The molecule has 0 bridgehead atoms. The molecule has 1 aliphatic heterocycles. The molecule has 200 valence electrons. The molecule has 38 heavy (non-hydrogen) atoms. The average molecular weight is 531 g/mol. The Balaban J connectivity index is 1.68. The standard InChI is InChI=1S/C27H26F4N4O3/c1-4-35-22(36)12-16(8-10-38-3)21-11-17(14-33-25(21)35)20-13-18(6-5-15(20)2)34-26(37)19-7-9-32-24(23(19)28)27(29,30)31/h5-7,9,11,13-14,16H,4,8,10,12H2,1-3H3,(H,34,37). The lowest BCUT2D eigenvalue weighted by molar-refractivity contribution is -0.143. The molecule has 3 aromatic rings. The van der Waals surface area contributed by atoms with Crippen molar-refractivity contribution in [3.05, 3.63) is 70.9 Å². The summed E-state index contributed by atoms with van der Waals surface area (Å²) in [6.07, 6.45) is -1.67. The van der Waals surface area contributed by atoms with Crippen LogP contribution in [0.4, 0.5) is 29.1 Å². The second kappa shape index (κ2) is 10.9. The molecule has 0 fully saturated rings. The smallest absolute Gasteiger partial charge is 0.385 e. The van der Waals surface area contributed by atoms with Gasteiger partial charge in [-0.1, -0.05) is 6.07 Å². The number of anilines is 2.